The summed E-state index contributed by atoms with van der Waals surface area (Å²) in [5.41, 5.74) is 1.13. The molecule has 1 unspecified atom stereocenters. The summed E-state index contributed by atoms with van der Waals surface area (Å²) < 4.78 is 11.0. The van der Waals surface area contributed by atoms with Crippen LogP contribution in [0.15, 0.2) is 18.2 Å². The molecule has 3 heteroatoms. The molecular formula is C16H27NO2. The van der Waals surface area contributed by atoms with Crippen LogP contribution in [0.5, 0.6) is 11.5 Å². The SMILES string of the molecule is CCNC(CCC(C)C)c1c(OC)cccc1OC. The fourth-order valence-electron chi connectivity index (χ4n) is 2.32. The third kappa shape index (κ3) is 4.43. The fraction of sp³-hybridized carbons (Fsp3) is 0.625. The van der Waals surface area contributed by atoms with Crippen LogP contribution < -0.4 is 14.8 Å². The second-order valence-electron chi connectivity index (χ2n) is 5.16. The van der Waals surface area contributed by atoms with Crippen LogP contribution in [0.3, 0.4) is 0 Å². The molecule has 1 aromatic carbocycles. The van der Waals surface area contributed by atoms with Crippen molar-refractivity contribution in [3.05, 3.63) is 23.8 Å². The molecule has 1 N–H and O–H groups in total. The predicted octanol–water partition coefficient (Wildman–Crippen LogP) is 3.79. The summed E-state index contributed by atoms with van der Waals surface area (Å²) in [4.78, 5) is 0. The van der Waals surface area contributed by atoms with Gasteiger partial charge in [-0.3, -0.25) is 0 Å². The Kier molecular flexibility index (Phi) is 6.71. The van der Waals surface area contributed by atoms with Crippen molar-refractivity contribution in [2.75, 3.05) is 20.8 Å². The Balaban J connectivity index is 3.05. The summed E-state index contributed by atoms with van der Waals surface area (Å²) in [7, 11) is 3.42. The average molecular weight is 265 g/mol. The first-order valence-electron chi connectivity index (χ1n) is 7.08. The highest BCUT2D eigenvalue weighted by atomic mass is 16.5. The summed E-state index contributed by atoms with van der Waals surface area (Å²) in [5, 5.41) is 3.54. The van der Waals surface area contributed by atoms with E-state index in [0.717, 1.165) is 30.0 Å². The van der Waals surface area contributed by atoms with E-state index < -0.39 is 0 Å². The number of methoxy groups -OCH3 is 2. The topological polar surface area (TPSA) is 30.5 Å². The third-order valence-electron chi connectivity index (χ3n) is 3.30. The molecule has 19 heavy (non-hydrogen) atoms. The molecule has 0 heterocycles. The lowest BCUT2D eigenvalue weighted by atomic mass is 9.96. The molecule has 0 aromatic heterocycles. The average Bonchev–Trinajstić information content (AvgIpc) is 2.42. The van der Waals surface area contributed by atoms with Crippen molar-refractivity contribution >= 4 is 0 Å². The lowest BCUT2D eigenvalue weighted by Crippen LogP contribution is -2.22. The Bertz CT molecular complexity index is 355. The van der Waals surface area contributed by atoms with E-state index in [2.05, 4.69) is 26.1 Å². The van der Waals surface area contributed by atoms with E-state index in [0.29, 0.717) is 5.92 Å². The van der Waals surface area contributed by atoms with E-state index in [-0.39, 0.29) is 6.04 Å². The van der Waals surface area contributed by atoms with Crippen molar-refractivity contribution < 1.29 is 9.47 Å². The van der Waals surface area contributed by atoms with Gasteiger partial charge in [0, 0.05) is 6.04 Å². The summed E-state index contributed by atoms with van der Waals surface area (Å²) in [6.07, 6.45) is 2.26. The lowest BCUT2D eigenvalue weighted by molar-refractivity contribution is 0.360. The fourth-order valence-corrected chi connectivity index (χ4v) is 2.32. The molecule has 0 amide bonds. The van der Waals surface area contributed by atoms with Crippen LogP contribution in [-0.2, 0) is 0 Å². The van der Waals surface area contributed by atoms with E-state index in [1.165, 1.54) is 6.42 Å². The zero-order valence-corrected chi connectivity index (χ0v) is 12.8. The minimum Gasteiger partial charge on any atom is -0.496 e. The van der Waals surface area contributed by atoms with Crippen LogP contribution in [0.1, 0.15) is 45.2 Å². The molecule has 0 spiro atoms. The maximum atomic E-state index is 5.50. The zero-order chi connectivity index (χ0) is 14.3. The van der Waals surface area contributed by atoms with E-state index in [1.54, 1.807) is 14.2 Å². The number of rotatable bonds is 8. The number of hydrogen-bond acceptors (Lipinski definition) is 3. The summed E-state index contributed by atoms with van der Waals surface area (Å²) in [5.74, 6) is 2.49. The van der Waals surface area contributed by atoms with E-state index in [1.807, 2.05) is 18.2 Å². The van der Waals surface area contributed by atoms with Gasteiger partial charge >= 0.3 is 0 Å². The predicted molar refractivity (Wildman–Crippen MR) is 80.0 cm³/mol. The summed E-state index contributed by atoms with van der Waals surface area (Å²) in [6.45, 7) is 7.57. The van der Waals surface area contributed by atoms with Crippen LogP contribution in [0, 0.1) is 5.92 Å². The summed E-state index contributed by atoms with van der Waals surface area (Å²) >= 11 is 0. The van der Waals surface area contributed by atoms with Crippen LogP contribution >= 0.6 is 0 Å². The number of nitrogens with one attached hydrogen (secondary N) is 1. The van der Waals surface area contributed by atoms with Gasteiger partial charge in [0.15, 0.2) is 0 Å². The Labute approximate surface area is 117 Å². The normalized spacial score (nSPS) is 12.5. The smallest absolute Gasteiger partial charge is 0.127 e. The maximum Gasteiger partial charge on any atom is 0.127 e. The van der Waals surface area contributed by atoms with E-state index >= 15 is 0 Å². The minimum atomic E-state index is 0.276. The molecule has 0 fully saturated rings. The highest BCUT2D eigenvalue weighted by molar-refractivity contribution is 5.47. The van der Waals surface area contributed by atoms with Gasteiger partial charge in [-0.25, -0.2) is 0 Å². The molecule has 0 saturated carbocycles. The first-order chi connectivity index (χ1) is 9.13. The maximum absolute atomic E-state index is 5.50. The molecule has 3 nitrogen and oxygen atoms in total. The van der Waals surface area contributed by atoms with Crippen LogP contribution in [-0.4, -0.2) is 20.8 Å². The Morgan fingerprint density at radius 3 is 2.05 bits per heavy atom. The first-order valence-corrected chi connectivity index (χ1v) is 7.08. The minimum absolute atomic E-state index is 0.276. The zero-order valence-electron chi connectivity index (χ0n) is 12.8. The van der Waals surface area contributed by atoms with Gasteiger partial charge in [0.25, 0.3) is 0 Å². The number of benzene rings is 1. The highest BCUT2D eigenvalue weighted by Crippen LogP contribution is 2.36. The molecule has 1 atom stereocenters. The largest absolute Gasteiger partial charge is 0.496 e. The van der Waals surface area contributed by atoms with Gasteiger partial charge in [0.2, 0.25) is 0 Å². The van der Waals surface area contributed by atoms with Gasteiger partial charge in [-0.15, -0.1) is 0 Å². The Hall–Kier alpha value is -1.22. The monoisotopic (exact) mass is 265 g/mol. The van der Waals surface area contributed by atoms with Crippen molar-refractivity contribution in [2.24, 2.45) is 5.92 Å². The molecule has 1 rings (SSSR count). The van der Waals surface area contributed by atoms with Crippen LogP contribution in [0.2, 0.25) is 0 Å². The number of hydrogen-bond donors (Lipinski definition) is 1. The molecular weight excluding hydrogens is 238 g/mol. The summed E-state index contributed by atoms with van der Waals surface area (Å²) in [6, 6.07) is 6.24. The lowest BCUT2D eigenvalue weighted by Gasteiger charge is -2.23. The van der Waals surface area contributed by atoms with E-state index in [9.17, 15) is 0 Å². The van der Waals surface area contributed by atoms with Gasteiger partial charge in [-0.2, -0.15) is 0 Å². The van der Waals surface area contributed by atoms with Crippen molar-refractivity contribution in [3.63, 3.8) is 0 Å². The van der Waals surface area contributed by atoms with Crippen LogP contribution in [0.4, 0.5) is 0 Å². The third-order valence-corrected chi connectivity index (χ3v) is 3.30. The van der Waals surface area contributed by atoms with E-state index in [4.69, 9.17) is 9.47 Å². The Morgan fingerprint density at radius 2 is 1.63 bits per heavy atom. The molecule has 108 valence electrons. The van der Waals surface area contributed by atoms with Crippen molar-refractivity contribution in [1.29, 1.82) is 0 Å². The quantitative estimate of drug-likeness (QED) is 0.775. The van der Waals surface area contributed by atoms with Gasteiger partial charge in [-0.05, 0) is 37.4 Å². The standard InChI is InChI=1S/C16H27NO2/c1-6-17-13(11-10-12(2)3)16-14(18-4)8-7-9-15(16)19-5/h7-9,12-13,17H,6,10-11H2,1-5H3. The molecule has 0 saturated heterocycles. The van der Waals surface area contributed by atoms with Crippen molar-refractivity contribution in [3.8, 4) is 11.5 Å². The van der Waals surface area contributed by atoms with Gasteiger partial charge in [0.05, 0.1) is 19.8 Å². The Morgan fingerprint density at radius 1 is 1.05 bits per heavy atom. The molecule has 0 aliphatic carbocycles. The van der Waals surface area contributed by atoms with Crippen molar-refractivity contribution in [1.82, 2.24) is 5.32 Å². The molecule has 0 aliphatic heterocycles. The molecule has 0 bridgehead atoms. The van der Waals surface area contributed by atoms with Gasteiger partial charge in [-0.1, -0.05) is 26.8 Å². The van der Waals surface area contributed by atoms with Crippen molar-refractivity contribution in [2.45, 2.75) is 39.7 Å². The highest BCUT2D eigenvalue weighted by Gasteiger charge is 2.20. The second kappa shape index (κ2) is 8.05. The first kappa shape index (κ1) is 15.8. The van der Waals surface area contributed by atoms with Crippen LogP contribution in [0.25, 0.3) is 0 Å². The molecule has 0 aliphatic rings. The molecule has 1 aromatic rings. The van der Waals surface area contributed by atoms with Gasteiger partial charge in [0.1, 0.15) is 11.5 Å². The second-order valence-corrected chi connectivity index (χ2v) is 5.16. The van der Waals surface area contributed by atoms with Gasteiger partial charge < -0.3 is 14.8 Å². The molecule has 0 radical (unpaired) electrons. The number of ether oxygens (including phenoxy) is 2.